The number of carbonyl (C=O) groups excluding carboxylic acids is 2. The highest BCUT2D eigenvalue weighted by molar-refractivity contribution is 6.00. The third-order valence-electron chi connectivity index (χ3n) is 2.53. The van der Waals surface area contributed by atoms with E-state index >= 15 is 0 Å². The second-order valence-corrected chi connectivity index (χ2v) is 3.80. The van der Waals surface area contributed by atoms with Gasteiger partial charge in [-0.25, -0.2) is 0 Å². The van der Waals surface area contributed by atoms with Gasteiger partial charge in [-0.05, 0) is 26.0 Å². The lowest BCUT2D eigenvalue weighted by atomic mass is 10.1. The predicted molar refractivity (Wildman–Crippen MR) is 68.0 cm³/mol. The topological polar surface area (TPSA) is 87.1 Å². The molecular weight excluding hydrogens is 250 g/mol. The lowest BCUT2D eigenvalue weighted by Gasteiger charge is -2.20. The molecule has 0 aromatic heterocycles. The number of esters is 1. The quantitative estimate of drug-likeness (QED) is 0.781. The van der Waals surface area contributed by atoms with Crippen LogP contribution in [0.2, 0.25) is 0 Å². The van der Waals surface area contributed by atoms with E-state index in [1.165, 1.54) is 23.1 Å². The molecule has 1 amide bonds. The molecule has 6 heteroatoms. The van der Waals surface area contributed by atoms with Crippen LogP contribution in [0, 0.1) is 0 Å². The molecule has 0 aliphatic carbocycles. The highest BCUT2D eigenvalue weighted by Gasteiger charge is 2.23. The summed E-state index contributed by atoms with van der Waals surface area (Å²) in [5, 5.41) is 19.2. The monoisotopic (exact) mass is 267 g/mol. The summed E-state index contributed by atoms with van der Waals surface area (Å²) < 4.78 is 4.76. The van der Waals surface area contributed by atoms with Crippen LogP contribution in [0.4, 0.5) is 0 Å². The van der Waals surface area contributed by atoms with Crippen LogP contribution in [0.1, 0.15) is 24.2 Å². The van der Waals surface area contributed by atoms with Crippen LogP contribution in [0.25, 0.3) is 0 Å². The number of ether oxygens (including phenoxy) is 1. The molecule has 0 unspecified atom stereocenters. The molecule has 0 aliphatic rings. The highest BCUT2D eigenvalue weighted by atomic mass is 16.5. The third-order valence-corrected chi connectivity index (χ3v) is 2.53. The standard InChI is InChI=1S/C13H17NO5/c1-3-14(8-11(17)19-4-2)13(18)12-9(15)6-5-7-10(12)16/h5-7,15-16H,3-4,8H2,1-2H3. The average molecular weight is 267 g/mol. The van der Waals surface area contributed by atoms with E-state index in [0.29, 0.717) is 0 Å². The molecule has 0 heterocycles. The molecule has 0 fully saturated rings. The Balaban J connectivity index is 2.93. The Kier molecular flexibility index (Phi) is 5.17. The smallest absolute Gasteiger partial charge is 0.325 e. The van der Waals surface area contributed by atoms with Gasteiger partial charge in [0.2, 0.25) is 0 Å². The Bertz CT molecular complexity index is 452. The maximum atomic E-state index is 12.2. The lowest BCUT2D eigenvalue weighted by molar-refractivity contribution is -0.143. The Morgan fingerprint density at radius 1 is 1.21 bits per heavy atom. The lowest BCUT2D eigenvalue weighted by Crippen LogP contribution is -2.36. The number of hydrogen-bond acceptors (Lipinski definition) is 5. The Hall–Kier alpha value is -2.24. The minimum Gasteiger partial charge on any atom is -0.507 e. The molecule has 0 spiro atoms. The van der Waals surface area contributed by atoms with E-state index in [9.17, 15) is 19.8 Å². The largest absolute Gasteiger partial charge is 0.507 e. The minimum absolute atomic E-state index is 0.214. The van der Waals surface area contributed by atoms with Crippen LogP contribution >= 0.6 is 0 Å². The first kappa shape index (κ1) is 14.8. The van der Waals surface area contributed by atoms with Crippen LogP contribution in [0.15, 0.2) is 18.2 Å². The van der Waals surface area contributed by atoms with Gasteiger partial charge in [-0.15, -0.1) is 0 Å². The van der Waals surface area contributed by atoms with Crippen molar-refractivity contribution in [2.24, 2.45) is 0 Å². The molecule has 19 heavy (non-hydrogen) atoms. The zero-order valence-corrected chi connectivity index (χ0v) is 10.9. The SMILES string of the molecule is CCOC(=O)CN(CC)C(=O)c1c(O)cccc1O. The Morgan fingerprint density at radius 2 is 1.79 bits per heavy atom. The van der Waals surface area contributed by atoms with Crippen LogP contribution in [-0.4, -0.2) is 46.7 Å². The summed E-state index contributed by atoms with van der Waals surface area (Å²) in [6.07, 6.45) is 0. The van der Waals surface area contributed by atoms with Crippen LogP contribution in [-0.2, 0) is 9.53 Å². The van der Waals surface area contributed by atoms with E-state index in [-0.39, 0.29) is 36.8 Å². The van der Waals surface area contributed by atoms with Crippen molar-refractivity contribution < 1.29 is 24.5 Å². The fraction of sp³-hybridized carbons (Fsp3) is 0.385. The molecule has 1 aromatic carbocycles. The summed E-state index contributed by atoms with van der Waals surface area (Å²) in [7, 11) is 0. The van der Waals surface area contributed by atoms with E-state index in [0.717, 1.165) is 0 Å². The third kappa shape index (κ3) is 3.61. The summed E-state index contributed by atoms with van der Waals surface area (Å²) in [6, 6.07) is 4.01. The normalized spacial score (nSPS) is 10.0. The summed E-state index contributed by atoms with van der Waals surface area (Å²) in [4.78, 5) is 24.7. The number of nitrogens with zero attached hydrogens (tertiary/aromatic N) is 1. The number of amides is 1. The fourth-order valence-corrected chi connectivity index (χ4v) is 1.60. The van der Waals surface area contributed by atoms with Crippen molar-refractivity contribution in [2.75, 3.05) is 19.7 Å². The van der Waals surface area contributed by atoms with Gasteiger partial charge in [0.05, 0.1) is 6.61 Å². The van der Waals surface area contributed by atoms with E-state index in [2.05, 4.69) is 0 Å². The van der Waals surface area contributed by atoms with Gasteiger partial charge in [0, 0.05) is 6.54 Å². The van der Waals surface area contributed by atoms with Gasteiger partial charge >= 0.3 is 5.97 Å². The summed E-state index contributed by atoms with van der Waals surface area (Å²) in [5.74, 6) is -1.81. The van der Waals surface area contributed by atoms with Crippen molar-refractivity contribution in [1.29, 1.82) is 0 Å². The summed E-state index contributed by atoms with van der Waals surface area (Å²) in [5.41, 5.74) is -0.214. The number of phenolic OH excluding ortho intramolecular Hbond substituents is 2. The summed E-state index contributed by atoms with van der Waals surface area (Å²) >= 11 is 0. The number of rotatable bonds is 5. The maximum absolute atomic E-state index is 12.2. The second-order valence-electron chi connectivity index (χ2n) is 3.80. The van der Waals surface area contributed by atoms with E-state index in [1.54, 1.807) is 13.8 Å². The molecule has 0 bridgehead atoms. The Labute approximate surface area is 111 Å². The van der Waals surface area contributed by atoms with Crippen LogP contribution in [0.3, 0.4) is 0 Å². The molecule has 0 saturated carbocycles. The molecule has 1 aromatic rings. The first-order valence-corrected chi connectivity index (χ1v) is 5.97. The molecule has 104 valence electrons. The first-order chi connectivity index (χ1) is 9.01. The van der Waals surface area contributed by atoms with Crippen molar-refractivity contribution >= 4 is 11.9 Å². The van der Waals surface area contributed by atoms with Crippen molar-refractivity contribution in [2.45, 2.75) is 13.8 Å². The zero-order valence-electron chi connectivity index (χ0n) is 10.9. The van der Waals surface area contributed by atoms with Crippen molar-refractivity contribution in [3.05, 3.63) is 23.8 Å². The van der Waals surface area contributed by atoms with E-state index in [4.69, 9.17) is 4.74 Å². The minimum atomic E-state index is -0.619. The number of carbonyl (C=O) groups is 2. The maximum Gasteiger partial charge on any atom is 0.325 e. The van der Waals surface area contributed by atoms with E-state index < -0.39 is 11.9 Å². The van der Waals surface area contributed by atoms with Gasteiger partial charge in [-0.1, -0.05) is 6.07 Å². The zero-order chi connectivity index (χ0) is 14.4. The molecule has 0 aliphatic heterocycles. The number of aromatic hydroxyl groups is 2. The van der Waals surface area contributed by atoms with Gasteiger partial charge < -0.3 is 19.8 Å². The number of hydrogen-bond donors (Lipinski definition) is 2. The second kappa shape index (κ2) is 6.63. The number of benzene rings is 1. The Morgan fingerprint density at radius 3 is 2.26 bits per heavy atom. The predicted octanol–water partition coefficient (Wildman–Crippen LogP) is 1.12. The fourth-order valence-electron chi connectivity index (χ4n) is 1.60. The molecule has 0 saturated heterocycles. The molecule has 0 atom stereocenters. The highest BCUT2D eigenvalue weighted by Crippen LogP contribution is 2.27. The molecule has 0 radical (unpaired) electrons. The van der Waals surface area contributed by atoms with Gasteiger partial charge in [0.1, 0.15) is 23.6 Å². The van der Waals surface area contributed by atoms with Gasteiger partial charge in [-0.3, -0.25) is 9.59 Å². The van der Waals surface area contributed by atoms with Crippen molar-refractivity contribution in [1.82, 2.24) is 4.90 Å². The van der Waals surface area contributed by atoms with Crippen molar-refractivity contribution in [3.8, 4) is 11.5 Å². The molecule has 2 N–H and O–H groups in total. The molecule has 6 nitrogen and oxygen atoms in total. The average Bonchev–Trinajstić information content (AvgIpc) is 2.35. The van der Waals surface area contributed by atoms with Crippen molar-refractivity contribution in [3.63, 3.8) is 0 Å². The molecule has 1 rings (SSSR count). The van der Waals surface area contributed by atoms with Gasteiger partial charge in [0.15, 0.2) is 0 Å². The van der Waals surface area contributed by atoms with Gasteiger partial charge in [-0.2, -0.15) is 0 Å². The number of phenols is 2. The molecular formula is C13H17NO5. The number of likely N-dealkylation sites (N-methyl/N-ethyl adjacent to an activating group) is 1. The van der Waals surface area contributed by atoms with Crippen LogP contribution < -0.4 is 0 Å². The van der Waals surface area contributed by atoms with Gasteiger partial charge in [0.25, 0.3) is 5.91 Å². The van der Waals surface area contributed by atoms with Crippen LogP contribution in [0.5, 0.6) is 11.5 Å². The summed E-state index contributed by atoms with van der Waals surface area (Å²) in [6.45, 7) is 3.62. The first-order valence-electron chi connectivity index (χ1n) is 5.97. The van der Waals surface area contributed by atoms with E-state index in [1.807, 2.05) is 0 Å².